The molecule has 0 radical (unpaired) electrons. The van der Waals surface area contributed by atoms with Crippen molar-refractivity contribution in [2.75, 3.05) is 11.9 Å². The van der Waals surface area contributed by atoms with Gasteiger partial charge in [-0.25, -0.2) is 4.98 Å². The molecule has 0 spiro atoms. The fourth-order valence-electron chi connectivity index (χ4n) is 3.06. The monoisotopic (exact) mass is 385 g/mol. The molecule has 0 aliphatic carbocycles. The van der Waals surface area contributed by atoms with Crippen molar-refractivity contribution in [3.8, 4) is 17.2 Å². The summed E-state index contributed by atoms with van der Waals surface area (Å²) in [6.07, 6.45) is 5.83. The number of rotatable bonds is 7. The zero-order chi connectivity index (χ0) is 20.1. The average molecular weight is 385 g/mol. The van der Waals surface area contributed by atoms with Crippen LogP contribution in [0.5, 0.6) is 0 Å². The third kappa shape index (κ3) is 4.05. The molecule has 0 saturated heterocycles. The van der Waals surface area contributed by atoms with E-state index in [1.165, 1.54) is 0 Å². The van der Waals surface area contributed by atoms with Gasteiger partial charge in [0.25, 0.3) is 0 Å². The number of benzene rings is 1. The molecule has 0 aliphatic rings. The molecule has 0 saturated carbocycles. The Morgan fingerprint density at radius 2 is 1.97 bits per heavy atom. The third-order valence-corrected chi connectivity index (χ3v) is 4.53. The van der Waals surface area contributed by atoms with Gasteiger partial charge in [-0.2, -0.15) is 15.2 Å². The maximum Gasteiger partial charge on any atom is 0.236 e. The number of pyridine rings is 1. The number of nitrogens with one attached hydrogen (secondary N) is 1. The number of hydrogen-bond acceptors (Lipinski definition) is 7. The van der Waals surface area contributed by atoms with E-state index in [0.717, 1.165) is 16.7 Å². The van der Waals surface area contributed by atoms with Crippen molar-refractivity contribution in [3.05, 3.63) is 66.5 Å². The minimum Gasteiger partial charge on any atom is -0.396 e. The zero-order valence-corrected chi connectivity index (χ0v) is 15.7. The number of imidazole rings is 1. The first-order valence-electron chi connectivity index (χ1n) is 9.25. The Balaban J connectivity index is 1.55. The quantitative estimate of drug-likeness (QED) is 0.503. The van der Waals surface area contributed by atoms with Gasteiger partial charge in [-0.3, -0.25) is 4.98 Å². The third-order valence-electron chi connectivity index (χ3n) is 4.53. The minimum atomic E-state index is 0.0794. The normalized spacial score (nSPS) is 10.8. The second kappa shape index (κ2) is 8.46. The van der Waals surface area contributed by atoms with Crippen LogP contribution in [0.2, 0.25) is 0 Å². The average Bonchev–Trinajstić information content (AvgIpc) is 3.20. The SMILES string of the molecule is N#Cc1nc(NCc2ccc(-c3cccnc3)cc2)c2ncn(CCCO)c2n1. The van der Waals surface area contributed by atoms with Crippen molar-refractivity contribution in [2.24, 2.45) is 0 Å². The van der Waals surface area contributed by atoms with E-state index in [4.69, 9.17) is 5.11 Å². The van der Waals surface area contributed by atoms with Crippen molar-refractivity contribution in [3.63, 3.8) is 0 Å². The van der Waals surface area contributed by atoms with Gasteiger partial charge >= 0.3 is 0 Å². The molecule has 8 heteroatoms. The van der Waals surface area contributed by atoms with E-state index < -0.39 is 0 Å². The van der Waals surface area contributed by atoms with Crippen molar-refractivity contribution in [1.29, 1.82) is 5.26 Å². The van der Waals surface area contributed by atoms with E-state index in [2.05, 4.69) is 25.3 Å². The number of hydrogen-bond donors (Lipinski definition) is 2. The van der Waals surface area contributed by atoms with Gasteiger partial charge in [0, 0.05) is 32.1 Å². The van der Waals surface area contributed by atoms with Crippen LogP contribution in [0.4, 0.5) is 5.82 Å². The summed E-state index contributed by atoms with van der Waals surface area (Å²) in [6, 6.07) is 14.1. The molecule has 8 nitrogen and oxygen atoms in total. The Kier molecular flexibility index (Phi) is 5.40. The standard InChI is InChI=1S/C21H19N7O/c22-11-18-26-20(19-21(27-18)28(14-25-19)9-2-10-29)24-12-15-4-6-16(7-5-15)17-3-1-8-23-13-17/h1,3-8,13-14,29H,2,9-10,12H2,(H,24,26,27). The Bertz CT molecular complexity index is 1150. The Morgan fingerprint density at radius 3 is 2.69 bits per heavy atom. The predicted octanol–water partition coefficient (Wildman–Crippen LogP) is 2.75. The van der Waals surface area contributed by atoms with Crippen molar-refractivity contribution in [2.45, 2.75) is 19.5 Å². The largest absolute Gasteiger partial charge is 0.396 e. The van der Waals surface area contributed by atoms with Gasteiger partial charge in [-0.1, -0.05) is 30.3 Å². The fraction of sp³-hybridized carbons (Fsp3) is 0.190. The molecule has 3 aromatic heterocycles. The summed E-state index contributed by atoms with van der Waals surface area (Å²) in [4.78, 5) is 17.1. The zero-order valence-electron chi connectivity index (χ0n) is 15.7. The molecule has 144 valence electrons. The second-order valence-corrected chi connectivity index (χ2v) is 6.49. The molecule has 29 heavy (non-hydrogen) atoms. The number of anilines is 1. The summed E-state index contributed by atoms with van der Waals surface area (Å²) in [7, 11) is 0. The first-order chi connectivity index (χ1) is 14.3. The highest BCUT2D eigenvalue weighted by molar-refractivity contribution is 5.83. The van der Waals surface area contributed by atoms with Crippen LogP contribution in [0, 0.1) is 11.3 Å². The Morgan fingerprint density at radius 1 is 1.10 bits per heavy atom. The lowest BCUT2D eigenvalue weighted by atomic mass is 10.1. The molecular weight excluding hydrogens is 366 g/mol. The van der Waals surface area contributed by atoms with Crippen LogP contribution in [0.15, 0.2) is 55.1 Å². The molecule has 0 atom stereocenters. The van der Waals surface area contributed by atoms with Gasteiger partial charge in [-0.15, -0.1) is 0 Å². The summed E-state index contributed by atoms with van der Waals surface area (Å²) in [5, 5.41) is 21.6. The highest BCUT2D eigenvalue weighted by Gasteiger charge is 2.13. The molecular formula is C21H19N7O. The van der Waals surface area contributed by atoms with E-state index in [1.54, 1.807) is 12.5 Å². The van der Waals surface area contributed by atoms with Gasteiger partial charge in [0.1, 0.15) is 6.07 Å². The highest BCUT2D eigenvalue weighted by Crippen LogP contribution is 2.21. The van der Waals surface area contributed by atoms with Gasteiger partial charge in [-0.05, 0) is 29.2 Å². The number of aliphatic hydroxyl groups is 1. The van der Waals surface area contributed by atoms with Crippen LogP contribution in [-0.2, 0) is 13.1 Å². The van der Waals surface area contributed by atoms with Gasteiger partial charge in [0.05, 0.1) is 6.33 Å². The van der Waals surface area contributed by atoms with Crippen LogP contribution in [0.25, 0.3) is 22.3 Å². The first-order valence-corrected chi connectivity index (χ1v) is 9.25. The van der Waals surface area contributed by atoms with E-state index in [-0.39, 0.29) is 12.4 Å². The van der Waals surface area contributed by atoms with Crippen molar-refractivity contribution >= 4 is 17.0 Å². The van der Waals surface area contributed by atoms with E-state index in [9.17, 15) is 5.26 Å². The lowest BCUT2D eigenvalue weighted by Gasteiger charge is -2.08. The lowest BCUT2D eigenvalue weighted by molar-refractivity contribution is 0.280. The molecule has 3 heterocycles. The maximum absolute atomic E-state index is 9.27. The second-order valence-electron chi connectivity index (χ2n) is 6.49. The van der Waals surface area contributed by atoms with Crippen LogP contribution >= 0.6 is 0 Å². The van der Waals surface area contributed by atoms with Crippen LogP contribution < -0.4 is 5.32 Å². The molecule has 0 bridgehead atoms. The number of aryl methyl sites for hydroxylation is 1. The molecule has 1 aromatic carbocycles. The molecule has 0 amide bonds. The van der Waals surface area contributed by atoms with E-state index in [1.807, 2.05) is 53.2 Å². The molecule has 4 rings (SSSR count). The van der Waals surface area contributed by atoms with E-state index >= 15 is 0 Å². The first kappa shape index (κ1) is 18.5. The number of aromatic nitrogens is 5. The van der Waals surface area contributed by atoms with Gasteiger partial charge < -0.3 is 15.0 Å². The Labute approximate surface area is 167 Å². The number of nitriles is 1. The molecule has 0 aliphatic heterocycles. The molecule has 0 fully saturated rings. The molecule has 2 N–H and O–H groups in total. The smallest absolute Gasteiger partial charge is 0.236 e. The topological polar surface area (TPSA) is 113 Å². The number of aliphatic hydroxyl groups excluding tert-OH is 1. The number of fused-ring (bicyclic) bond motifs is 1. The summed E-state index contributed by atoms with van der Waals surface area (Å²) < 4.78 is 1.82. The summed E-state index contributed by atoms with van der Waals surface area (Å²) in [5.74, 6) is 0.600. The van der Waals surface area contributed by atoms with E-state index in [0.29, 0.717) is 36.5 Å². The summed E-state index contributed by atoms with van der Waals surface area (Å²) in [5.41, 5.74) is 4.42. The van der Waals surface area contributed by atoms with Crippen LogP contribution in [-0.4, -0.2) is 36.2 Å². The van der Waals surface area contributed by atoms with Crippen molar-refractivity contribution < 1.29 is 5.11 Å². The van der Waals surface area contributed by atoms with Crippen molar-refractivity contribution in [1.82, 2.24) is 24.5 Å². The maximum atomic E-state index is 9.27. The fourth-order valence-corrected chi connectivity index (χ4v) is 3.06. The van der Waals surface area contributed by atoms with Crippen LogP contribution in [0.1, 0.15) is 17.8 Å². The lowest BCUT2D eigenvalue weighted by Crippen LogP contribution is -2.06. The minimum absolute atomic E-state index is 0.0794. The predicted molar refractivity (Wildman–Crippen MR) is 109 cm³/mol. The van der Waals surface area contributed by atoms with Gasteiger partial charge in [0.2, 0.25) is 5.82 Å². The van der Waals surface area contributed by atoms with Crippen LogP contribution in [0.3, 0.4) is 0 Å². The molecule has 0 unspecified atom stereocenters. The Hall–Kier alpha value is -3.83. The summed E-state index contributed by atoms with van der Waals surface area (Å²) in [6.45, 7) is 1.19. The highest BCUT2D eigenvalue weighted by atomic mass is 16.3. The number of nitrogens with zero attached hydrogens (tertiary/aromatic N) is 6. The van der Waals surface area contributed by atoms with Gasteiger partial charge in [0.15, 0.2) is 17.0 Å². The summed E-state index contributed by atoms with van der Waals surface area (Å²) >= 11 is 0. The molecule has 4 aromatic rings.